The van der Waals surface area contributed by atoms with Crippen molar-refractivity contribution in [3.63, 3.8) is 0 Å². The zero-order chi connectivity index (χ0) is 13.6. The van der Waals surface area contributed by atoms with Crippen molar-refractivity contribution < 1.29 is 13.5 Å². The second kappa shape index (κ2) is 4.44. The fourth-order valence-electron chi connectivity index (χ4n) is 3.44. The smallest absolute Gasteiger partial charge is 0.151 e. The molecule has 106 valence electrons. The van der Waals surface area contributed by atoms with Gasteiger partial charge in [-0.25, -0.2) is 8.42 Å². The van der Waals surface area contributed by atoms with Crippen LogP contribution in [-0.4, -0.2) is 61.7 Å². The Morgan fingerprint density at radius 2 is 2.11 bits per heavy atom. The van der Waals surface area contributed by atoms with E-state index in [0.29, 0.717) is 19.3 Å². The normalized spacial score (nSPS) is 45.2. The van der Waals surface area contributed by atoms with E-state index in [0.717, 1.165) is 6.54 Å². The van der Waals surface area contributed by atoms with Gasteiger partial charge in [-0.15, -0.1) is 0 Å². The maximum Gasteiger partial charge on any atom is 0.151 e. The van der Waals surface area contributed by atoms with Crippen LogP contribution in [0.15, 0.2) is 0 Å². The summed E-state index contributed by atoms with van der Waals surface area (Å²) in [7, 11) is -1.01. The molecule has 3 atom stereocenters. The number of nitrogens with two attached hydrogens (primary N) is 1. The second-order valence-corrected chi connectivity index (χ2v) is 8.33. The first-order valence-electron chi connectivity index (χ1n) is 6.57. The van der Waals surface area contributed by atoms with Gasteiger partial charge in [0.1, 0.15) is 0 Å². The summed E-state index contributed by atoms with van der Waals surface area (Å²) in [5.41, 5.74) is 4.28. The molecule has 0 spiro atoms. The molecule has 0 aromatic heterocycles. The van der Waals surface area contributed by atoms with Crippen LogP contribution in [0.1, 0.15) is 26.2 Å². The molecule has 2 aliphatic rings. The summed E-state index contributed by atoms with van der Waals surface area (Å²) in [6.07, 6.45) is 1.72. The van der Waals surface area contributed by atoms with Gasteiger partial charge in [0.25, 0.3) is 0 Å². The molecule has 2 fully saturated rings. The van der Waals surface area contributed by atoms with Crippen LogP contribution < -0.4 is 5.73 Å². The Kier molecular flexibility index (Phi) is 3.51. The highest BCUT2D eigenvalue weighted by atomic mass is 32.2. The Morgan fingerprint density at radius 1 is 1.44 bits per heavy atom. The Morgan fingerprint density at radius 3 is 2.56 bits per heavy atom. The number of likely N-dealkylation sites (tertiary alicyclic amines) is 1. The Balaban J connectivity index is 2.28. The third-order valence-corrected chi connectivity index (χ3v) is 6.85. The number of aliphatic hydroxyl groups is 1. The van der Waals surface area contributed by atoms with Crippen LogP contribution >= 0.6 is 0 Å². The zero-order valence-corrected chi connectivity index (χ0v) is 12.0. The van der Waals surface area contributed by atoms with Gasteiger partial charge >= 0.3 is 0 Å². The van der Waals surface area contributed by atoms with Gasteiger partial charge in [-0.1, -0.05) is 0 Å². The van der Waals surface area contributed by atoms with E-state index in [-0.39, 0.29) is 24.1 Å². The number of nitrogens with zero attached hydrogens (tertiary/aromatic N) is 1. The molecule has 2 aliphatic heterocycles. The highest BCUT2D eigenvalue weighted by molar-refractivity contribution is 7.91. The lowest BCUT2D eigenvalue weighted by atomic mass is 9.65. The van der Waals surface area contributed by atoms with Crippen LogP contribution in [-0.2, 0) is 9.84 Å². The van der Waals surface area contributed by atoms with Gasteiger partial charge in [0.2, 0.25) is 0 Å². The van der Waals surface area contributed by atoms with Crippen LogP contribution in [0.2, 0.25) is 0 Å². The first kappa shape index (κ1) is 14.2. The quantitative estimate of drug-likeness (QED) is 0.717. The van der Waals surface area contributed by atoms with Gasteiger partial charge in [0, 0.05) is 24.5 Å². The number of hydrogen-bond donors (Lipinski definition) is 2. The third kappa shape index (κ3) is 2.19. The molecule has 3 N–H and O–H groups in total. The minimum Gasteiger partial charge on any atom is -0.389 e. The standard InChI is InChI=1S/C12H24N2O3S/c1-10-7-12(15,3-5-14(10)2)11(8-13)4-6-18(16,17)9-11/h10,15H,3-9,13H2,1-2H3. The van der Waals surface area contributed by atoms with Gasteiger partial charge in [-0.05, 0) is 33.2 Å². The van der Waals surface area contributed by atoms with Crippen molar-refractivity contribution in [3.05, 3.63) is 0 Å². The SMILES string of the molecule is CC1CC(O)(C2(CN)CCS(=O)(=O)C2)CCN1C. The molecular weight excluding hydrogens is 252 g/mol. The summed E-state index contributed by atoms with van der Waals surface area (Å²) < 4.78 is 23.5. The number of rotatable bonds is 2. The van der Waals surface area contributed by atoms with E-state index in [9.17, 15) is 13.5 Å². The van der Waals surface area contributed by atoms with Crippen LogP contribution in [0.25, 0.3) is 0 Å². The Labute approximate surface area is 109 Å². The summed E-state index contributed by atoms with van der Waals surface area (Å²) in [6.45, 7) is 3.11. The van der Waals surface area contributed by atoms with Crippen molar-refractivity contribution in [3.8, 4) is 0 Å². The largest absolute Gasteiger partial charge is 0.389 e. The van der Waals surface area contributed by atoms with Crippen LogP contribution in [0.3, 0.4) is 0 Å². The van der Waals surface area contributed by atoms with E-state index in [1.807, 2.05) is 7.05 Å². The topological polar surface area (TPSA) is 83.6 Å². The van der Waals surface area contributed by atoms with Gasteiger partial charge < -0.3 is 15.7 Å². The molecule has 0 amide bonds. The van der Waals surface area contributed by atoms with E-state index in [4.69, 9.17) is 5.73 Å². The molecule has 6 heteroatoms. The van der Waals surface area contributed by atoms with Crippen molar-refractivity contribution in [2.45, 2.75) is 37.8 Å². The highest BCUT2D eigenvalue weighted by Crippen LogP contribution is 2.47. The molecule has 0 aromatic rings. The fraction of sp³-hybridized carbons (Fsp3) is 1.00. The molecule has 0 saturated carbocycles. The number of sulfone groups is 1. The monoisotopic (exact) mass is 276 g/mol. The average Bonchev–Trinajstić information content (AvgIpc) is 2.62. The summed E-state index contributed by atoms with van der Waals surface area (Å²) >= 11 is 0. The predicted molar refractivity (Wildman–Crippen MR) is 71.0 cm³/mol. The van der Waals surface area contributed by atoms with Crippen molar-refractivity contribution in [1.82, 2.24) is 4.90 Å². The third-order valence-electron chi connectivity index (χ3n) is 5.03. The van der Waals surface area contributed by atoms with Crippen molar-refractivity contribution >= 4 is 9.84 Å². The van der Waals surface area contributed by atoms with E-state index >= 15 is 0 Å². The molecule has 5 nitrogen and oxygen atoms in total. The molecule has 18 heavy (non-hydrogen) atoms. The number of piperidine rings is 1. The van der Waals surface area contributed by atoms with E-state index in [1.165, 1.54) is 0 Å². The van der Waals surface area contributed by atoms with E-state index < -0.39 is 20.9 Å². The molecule has 3 unspecified atom stereocenters. The summed E-state index contributed by atoms with van der Waals surface area (Å²) in [6, 6.07) is 0.260. The molecule has 2 rings (SSSR count). The van der Waals surface area contributed by atoms with Crippen molar-refractivity contribution in [2.24, 2.45) is 11.1 Å². The lowest BCUT2D eigenvalue weighted by Gasteiger charge is -2.50. The first-order valence-corrected chi connectivity index (χ1v) is 8.39. The van der Waals surface area contributed by atoms with Gasteiger partial charge in [-0.2, -0.15) is 0 Å². The lowest BCUT2D eigenvalue weighted by molar-refractivity contribution is -0.117. The minimum atomic E-state index is -3.04. The molecule has 0 aliphatic carbocycles. The van der Waals surface area contributed by atoms with E-state index in [2.05, 4.69) is 11.8 Å². The Hall–Kier alpha value is -0.170. The van der Waals surface area contributed by atoms with E-state index in [1.54, 1.807) is 0 Å². The van der Waals surface area contributed by atoms with Gasteiger partial charge in [0.15, 0.2) is 9.84 Å². The maximum atomic E-state index is 11.8. The predicted octanol–water partition coefficient (Wildman–Crippen LogP) is -0.405. The molecule has 0 radical (unpaired) electrons. The van der Waals surface area contributed by atoms with Crippen molar-refractivity contribution in [1.29, 1.82) is 0 Å². The Bertz CT molecular complexity index is 425. The zero-order valence-electron chi connectivity index (χ0n) is 11.2. The second-order valence-electron chi connectivity index (χ2n) is 6.14. The van der Waals surface area contributed by atoms with Crippen LogP contribution in [0.5, 0.6) is 0 Å². The number of hydrogen-bond acceptors (Lipinski definition) is 5. The first-order chi connectivity index (χ1) is 8.24. The lowest BCUT2D eigenvalue weighted by Crippen LogP contribution is -2.60. The van der Waals surface area contributed by atoms with Gasteiger partial charge in [-0.3, -0.25) is 0 Å². The summed E-state index contributed by atoms with van der Waals surface area (Å²) in [5, 5.41) is 11.0. The molecule has 2 heterocycles. The molecule has 0 aromatic carbocycles. The molecule has 2 saturated heterocycles. The highest BCUT2D eigenvalue weighted by Gasteiger charge is 2.56. The van der Waals surface area contributed by atoms with Crippen LogP contribution in [0.4, 0.5) is 0 Å². The average molecular weight is 276 g/mol. The van der Waals surface area contributed by atoms with Gasteiger partial charge in [0.05, 0.1) is 17.1 Å². The van der Waals surface area contributed by atoms with Crippen molar-refractivity contribution in [2.75, 3.05) is 31.6 Å². The fourth-order valence-corrected chi connectivity index (χ4v) is 5.66. The van der Waals surface area contributed by atoms with Crippen LogP contribution in [0, 0.1) is 5.41 Å². The minimum absolute atomic E-state index is 0.0451. The summed E-state index contributed by atoms with van der Waals surface area (Å²) in [4.78, 5) is 2.20. The summed E-state index contributed by atoms with van der Waals surface area (Å²) in [5.74, 6) is 0.208. The molecular formula is C12H24N2O3S. The maximum absolute atomic E-state index is 11.8. The molecule has 0 bridgehead atoms.